The number of hydrazone groups is 1. The second-order valence-electron chi connectivity index (χ2n) is 6.87. The number of anilines is 2. The molecule has 7 heteroatoms. The molecule has 3 rings (SSSR count). The Bertz CT molecular complexity index is 939. The molecule has 0 aromatic heterocycles. The predicted octanol–water partition coefficient (Wildman–Crippen LogP) is 3.45. The summed E-state index contributed by atoms with van der Waals surface area (Å²) in [6, 6.07) is 12.9. The van der Waals surface area contributed by atoms with Crippen LogP contribution in [0.15, 0.2) is 47.6 Å². The van der Waals surface area contributed by atoms with E-state index >= 15 is 0 Å². The van der Waals surface area contributed by atoms with Crippen LogP contribution < -0.4 is 15.1 Å². The highest BCUT2D eigenvalue weighted by Gasteiger charge is 2.26. The van der Waals surface area contributed by atoms with Crippen molar-refractivity contribution >= 4 is 28.9 Å². The molecule has 7 nitrogen and oxygen atoms in total. The van der Waals surface area contributed by atoms with Crippen molar-refractivity contribution in [1.82, 2.24) is 0 Å². The Hall–Kier alpha value is -3.19. The van der Waals surface area contributed by atoms with Gasteiger partial charge in [-0.3, -0.25) is 9.59 Å². The smallest absolute Gasteiger partial charge is 0.271 e. The first-order valence-electron chi connectivity index (χ1n) is 9.49. The minimum Gasteiger partial charge on any atom is -0.491 e. The third kappa shape index (κ3) is 5.20. The van der Waals surface area contributed by atoms with Gasteiger partial charge >= 0.3 is 0 Å². The normalized spacial score (nSPS) is 13.8. The van der Waals surface area contributed by atoms with Gasteiger partial charge in [0.2, 0.25) is 5.91 Å². The number of nitrogens with one attached hydrogen (secondary N) is 1. The van der Waals surface area contributed by atoms with E-state index in [0.29, 0.717) is 42.5 Å². The molecule has 0 radical (unpaired) electrons. The number of hydrogen-bond donors (Lipinski definition) is 1. The number of methoxy groups -OCH3 is 1. The zero-order chi connectivity index (χ0) is 20.8. The highest BCUT2D eigenvalue weighted by Crippen LogP contribution is 2.26. The van der Waals surface area contributed by atoms with Crippen LogP contribution in [0.25, 0.3) is 0 Å². The van der Waals surface area contributed by atoms with E-state index in [1.807, 2.05) is 38.1 Å². The fourth-order valence-corrected chi connectivity index (χ4v) is 2.96. The van der Waals surface area contributed by atoms with Crippen molar-refractivity contribution in [2.24, 2.45) is 5.10 Å². The summed E-state index contributed by atoms with van der Waals surface area (Å²) in [6.45, 7) is 4.78. The molecule has 0 saturated heterocycles. The lowest BCUT2D eigenvalue weighted by Gasteiger charge is -2.24. The van der Waals surface area contributed by atoms with Gasteiger partial charge in [-0.1, -0.05) is 18.2 Å². The van der Waals surface area contributed by atoms with E-state index in [1.165, 1.54) is 5.01 Å². The van der Waals surface area contributed by atoms with Crippen LogP contribution in [0.4, 0.5) is 11.4 Å². The zero-order valence-electron chi connectivity index (χ0n) is 16.9. The maximum atomic E-state index is 12.7. The van der Waals surface area contributed by atoms with Crippen LogP contribution in [0.3, 0.4) is 0 Å². The van der Waals surface area contributed by atoms with Crippen LogP contribution in [0.5, 0.6) is 5.75 Å². The highest BCUT2D eigenvalue weighted by molar-refractivity contribution is 6.44. The molecular formula is C22H25N3O4. The summed E-state index contributed by atoms with van der Waals surface area (Å²) in [6.07, 6.45) is 0.538. The monoisotopic (exact) mass is 395 g/mol. The number of amides is 2. The lowest BCUT2D eigenvalue weighted by molar-refractivity contribution is -0.118. The van der Waals surface area contributed by atoms with E-state index in [-0.39, 0.29) is 18.2 Å². The molecule has 2 amide bonds. The maximum absolute atomic E-state index is 12.7. The number of carbonyl (C=O) groups excluding carboxylic acids is 2. The zero-order valence-corrected chi connectivity index (χ0v) is 16.9. The molecule has 0 bridgehead atoms. The molecule has 29 heavy (non-hydrogen) atoms. The minimum absolute atomic E-state index is 0.121. The lowest BCUT2D eigenvalue weighted by Crippen LogP contribution is -2.36. The second kappa shape index (κ2) is 9.34. The van der Waals surface area contributed by atoms with Gasteiger partial charge in [0.25, 0.3) is 5.91 Å². The third-order valence-corrected chi connectivity index (χ3v) is 4.54. The first-order chi connectivity index (χ1) is 14.0. The molecular weight excluding hydrogens is 370 g/mol. The van der Waals surface area contributed by atoms with Crippen LogP contribution in [0.2, 0.25) is 0 Å². The predicted molar refractivity (Wildman–Crippen MR) is 113 cm³/mol. The van der Waals surface area contributed by atoms with Crippen LogP contribution in [0, 0.1) is 13.8 Å². The van der Waals surface area contributed by atoms with Gasteiger partial charge in [-0.2, -0.15) is 5.10 Å². The molecule has 1 aliphatic rings. The van der Waals surface area contributed by atoms with E-state index in [4.69, 9.17) is 9.47 Å². The van der Waals surface area contributed by atoms with Crippen molar-refractivity contribution in [3.05, 3.63) is 53.6 Å². The topological polar surface area (TPSA) is 80.2 Å². The Morgan fingerprint density at radius 1 is 1.14 bits per heavy atom. The van der Waals surface area contributed by atoms with Crippen molar-refractivity contribution in [3.63, 3.8) is 0 Å². The average Bonchev–Trinajstić information content (AvgIpc) is 2.71. The van der Waals surface area contributed by atoms with Gasteiger partial charge in [0.15, 0.2) is 0 Å². The van der Waals surface area contributed by atoms with Crippen molar-refractivity contribution in [1.29, 1.82) is 0 Å². The summed E-state index contributed by atoms with van der Waals surface area (Å²) in [7, 11) is 1.61. The highest BCUT2D eigenvalue weighted by atomic mass is 16.5. The molecule has 1 aliphatic heterocycles. The molecule has 2 aromatic carbocycles. The van der Waals surface area contributed by atoms with Gasteiger partial charge in [-0.25, -0.2) is 5.01 Å². The van der Waals surface area contributed by atoms with Gasteiger partial charge in [0.05, 0.1) is 12.3 Å². The largest absolute Gasteiger partial charge is 0.491 e. The van der Waals surface area contributed by atoms with E-state index < -0.39 is 0 Å². The molecule has 0 unspecified atom stereocenters. The van der Waals surface area contributed by atoms with Crippen molar-refractivity contribution in [2.75, 3.05) is 30.6 Å². The summed E-state index contributed by atoms with van der Waals surface area (Å²) in [5.74, 6) is 0.184. The summed E-state index contributed by atoms with van der Waals surface area (Å²) in [5, 5.41) is 8.53. The van der Waals surface area contributed by atoms with E-state index in [2.05, 4.69) is 10.4 Å². The standard InChI is InChI=1S/C22H25N3O4/c1-15-7-8-16(2)20(13-15)25-21(26)10-9-19(24-25)22(27)23-17-5-4-6-18(14-17)29-12-11-28-3/h4-8,13-14H,9-12H2,1-3H3,(H,23,27). The van der Waals surface area contributed by atoms with Gasteiger partial charge < -0.3 is 14.8 Å². The van der Waals surface area contributed by atoms with Crippen molar-refractivity contribution in [3.8, 4) is 5.75 Å². The Morgan fingerprint density at radius 3 is 2.76 bits per heavy atom. The average molecular weight is 395 g/mol. The second-order valence-corrected chi connectivity index (χ2v) is 6.87. The minimum atomic E-state index is -0.332. The van der Waals surface area contributed by atoms with E-state index in [9.17, 15) is 9.59 Å². The van der Waals surface area contributed by atoms with Gasteiger partial charge in [0.1, 0.15) is 18.1 Å². The van der Waals surface area contributed by atoms with Crippen LogP contribution in [-0.2, 0) is 14.3 Å². The lowest BCUT2D eigenvalue weighted by atomic mass is 10.1. The van der Waals surface area contributed by atoms with Crippen LogP contribution in [0.1, 0.15) is 24.0 Å². The molecule has 0 atom stereocenters. The number of ether oxygens (including phenoxy) is 2. The molecule has 0 aliphatic carbocycles. The van der Waals surface area contributed by atoms with Crippen molar-refractivity contribution < 1.29 is 19.1 Å². The fraction of sp³-hybridized carbons (Fsp3) is 0.318. The third-order valence-electron chi connectivity index (χ3n) is 4.54. The SMILES string of the molecule is COCCOc1cccc(NC(=O)C2=NN(c3cc(C)ccc3C)C(=O)CC2)c1. The van der Waals surface area contributed by atoms with Crippen LogP contribution in [-0.4, -0.2) is 37.8 Å². The molecule has 0 saturated carbocycles. The summed E-state index contributed by atoms with van der Waals surface area (Å²) in [5.41, 5.74) is 3.57. The van der Waals surface area contributed by atoms with E-state index in [1.54, 1.807) is 25.3 Å². The molecule has 0 spiro atoms. The molecule has 0 fully saturated rings. The Labute approximate surface area is 170 Å². The summed E-state index contributed by atoms with van der Waals surface area (Å²) >= 11 is 0. The number of carbonyl (C=O) groups is 2. The number of benzene rings is 2. The number of hydrogen-bond acceptors (Lipinski definition) is 5. The van der Waals surface area contributed by atoms with Gasteiger partial charge in [-0.05, 0) is 43.2 Å². The Kier molecular flexibility index (Phi) is 6.61. The Balaban J connectivity index is 1.76. The molecule has 1 N–H and O–H groups in total. The fourth-order valence-electron chi connectivity index (χ4n) is 2.96. The molecule has 1 heterocycles. The van der Waals surface area contributed by atoms with Gasteiger partial charge in [-0.15, -0.1) is 0 Å². The number of aryl methyl sites for hydroxylation is 2. The number of nitrogens with zero attached hydrogens (tertiary/aromatic N) is 2. The van der Waals surface area contributed by atoms with E-state index in [0.717, 1.165) is 11.1 Å². The van der Waals surface area contributed by atoms with Crippen molar-refractivity contribution in [2.45, 2.75) is 26.7 Å². The van der Waals surface area contributed by atoms with Crippen LogP contribution >= 0.6 is 0 Å². The quantitative estimate of drug-likeness (QED) is 0.728. The number of rotatable bonds is 7. The summed E-state index contributed by atoms with van der Waals surface area (Å²) < 4.78 is 10.5. The first-order valence-corrected chi connectivity index (χ1v) is 9.49. The molecule has 152 valence electrons. The van der Waals surface area contributed by atoms with Gasteiger partial charge in [0, 0.05) is 31.7 Å². The molecule has 2 aromatic rings. The maximum Gasteiger partial charge on any atom is 0.271 e. The summed E-state index contributed by atoms with van der Waals surface area (Å²) in [4.78, 5) is 25.1. The first kappa shape index (κ1) is 20.5. The Morgan fingerprint density at radius 2 is 1.97 bits per heavy atom.